The van der Waals surface area contributed by atoms with Crippen LogP contribution in [0.25, 0.3) is 0 Å². The Morgan fingerprint density at radius 3 is 2.65 bits per heavy atom. The van der Waals surface area contributed by atoms with Gasteiger partial charge in [-0.2, -0.15) is 4.98 Å². The van der Waals surface area contributed by atoms with Gasteiger partial charge in [-0.05, 0) is 39.4 Å². The first-order valence-corrected chi connectivity index (χ1v) is 6.03. The fraction of sp³-hybridized carbons (Fsp3) is 0.636. The molecule has 5 nitrogen and oxygen atoms in total. The zero-order valence-corrected chi connectivity index (χ0v) is 11.5. The standard InChI is InChI=1S/C11H20ClN5/c1-7(2)17(4)6-5-14-10-9(13)8(3)15-11(12)16-10/h7H,5-6,13H2,1-4H3,(H,14,15,16). The minimum atomic E-state index is 0.219. The Labute approximate surface area is 107 Å². The molecule has 96 valence electrons. The molecule has 0 saturated carbocycles. The number of nitrogen functional groups attached to an aromatic ring is 1. The summed E-state index contributed by atoms with van der Waals surface area (Å²) in [5.41, 5.74) is 7.12. The van der Waals surface area contributed by atoms with Gasteiger partial charge in [0.1, 0.15) is 0 Å². The topological polar surface area (TPSA) is 67.1 Å². The Bertz CT molecular complexity index is 380. The van der Waals surface area contributed by atoms with Crippen molar-refractivity contribution in [2.45, 2.75) is 26.8 Å². The monoisotopic (exact) mass is 257 g/mol. The number of rotatable bonds is 5. The molecule has 0 aromatic carbocycles. The first-order chi connectivity index (χ1) is 7.91. The average Bonchev–Trinajstić information content (AvgIpc) is 2.24. The van der Waals surface area contributed by atoms with Gasteiger partial charge < -0.3 is 16.0 Å². The highest BCUT2D eigenvalue weighted by molar-refractivity contribution is 6.28. The molecule has 0 spiro atoms. The van der Waals surface area contributed by atoms with E-state index in [9.17, 15) is 0 Å². The molecule has 1 heterocycles. The number of nitrogens with one attached hydrogen (secondary N) is 1. The molecule has 1 aromatic rings. The molecule has 0 fully saturated rings. The van der Waals surface area contributed by atoms with Gasteiger partial charge in [-0.25, -0.2) is 4.98 Å². The van der Waals surface area contributed by atoms with Gasteiger partial charge in [0.25, 0.3) is 0 Å². The molecule has 0 saturated heterocycles. The lowest BCUT2D eigenvalue weighted by molar-refractivity contribution is 0.284. The lowest BCUT2D eigenvalue weighted by Crippen LogP contribution is -2.31. The molecule has 0 bridgehead atoms. The summed E-state index contributed by atoms with van der Waals surface area (Å²) in [6, 6.07) is 0.518. The molecular weight excluding hydrogens is 238 g/mol. The maximum absolute atomic E-state index is 5.87. The number of hydrogen-bond donors (Lipinski definition) is 2. The SMILES string of the molecule is Cc1nc(Cl)nc(NCCN(C)C(C)C)c1N. The highest BCUT2D eigenvalue weighted by atomic mass is 35.5. The molecule has 0 aliphatic rings. The predicted octanol–water partition coefficient (Wildman–Crippen LogP) is 1.77. The van der Waals surface area contributed by atoms with Crippen molar-refractivity contribution in [3.8, 4) is 0 Å². The molecule has 0 amide bonds. The summed E-state index contributed by atoms with van der Waals surface area (Å²) >= 11 is 5.79. The van der Waals surface area contributed by atoms with Crippen molar-refractivity contribution in [2.24, 2.45) is 0 Å². The van der Waals surface area contributed by atoms with Crippen LogP contribution in [-0.2, 0) is 0 Å². The van der Waals surface area contributed by atoms with E-state index in [1.807, 2.05) is 6.92 Å². The Kier molecular flexibility index (Phi) is 4.96. The molecule has 0 aliphatic carbocycles. The summed E-state index contributed by atoms with van der Waals surface area (Å²) in [7, 11) is 2.08. The second-order valence-corrected chi connectivity index (χ2v) is 4.68. The Morgan fingerprint density at radius 2 is 2.06 bits per heavy atom. The molecule has 17 heavy (non-hydrogen) atoms. The highest BCUT2D eigenvalue weighted by Crippen LogP contribution is 2.20. The highest BCUT2D eigenvalue weighted by Gasteiger charge is 2.08. The number of hydrogen-bond acceptors (Lipinski definition) is 5. The molecule has 0 unspecified atom stereocenters. The minimum Gasteiger partial charge on any atom is -0.394 e. The number of aromatic nitrogens is 2. The van der Waals surface area contributed by atoms with Crippen LogP contribution in [0, 0.1) is 6.92 Å². The second kappa shape index (κ2) is 6.02. The number of nitrogens with zero attached hydrogens (tertiary/aromatic N) is 3. The third kappa shape index (κ3) is 4.02. The first-order valence-electron chi connectivity index (χ1n) is 5.65. The summed E-state index contributed by atoms with van der Waals surface area (Å²) in [4.78, 5) is 10.3. The number of halogens is 1. The van der Waals surface area contributed by atoms with Crippen molar-refractivity contribution < 1.29 is 0 Å². The van der Waals surface area contributed by atoms with Crippen LogP contribution in [0.5, 0.6) is 0 Å². The third-order valence-corrected chi connectivity index (χ3v) is 2.92. The van der Waals surface area contributed by atoms with Crippen molar-refractivity contribution in [1.29, 1.82) is 0 Å². The Hall–Kier alpha value is -1.07. The molecule has 6 heteroatoms. The zero-order valence-electron chi connectivity index (χ0n) is 10.8. The summed E-state index contributed by atoms with van der Waals surface area (Å²) < 4.78 is 0. The lowest BCUT2D eigenvalue weighted by atomic mass is 10.3. The van der Waals surface area contributed by atoms with Crippen LogP contribution < -0.4 is 11.1 Å². The van der Waals surface area contributed by atoms with E-state index in [2.05, 4.69) is 41.1 Å². The number of aryl methyl sites for hydroxylation is 1. The van der Waals surface area contributed by atoms with Gasteiger partial charge >= 0.3 is 0 Å². The molecule has 1 aromatic heterocycles. The van der Waals surface area contributed by atoms with Gasteiger partial charge in [0.15, 0.2) is 5.82 Å². The number of anilines is 2. The smallest absolute Gasteiger partial charge is 0.224 e. The van der Waals surface area contributed by atoms with Crippen LogP contribution in [-0.4, -0.2) is 41.0 Å². The van der Waals surface area contributed by atoms with Crippen LogP contribution >= 0.6 is 11.6 Å². The average molecular weight is 258 g/mol. The van der Waals surface area contributed by atoms with Gasteiger partial charge in [0, 0.05) is 19.1 Å². The van der Waals surface area contributed by atoms with Crippen LogP contribution in [0.15, 0.2) is 0 Å². The third-order valence-electron chi connectivity index (χ3n) is 2.75. The molecule has 0 radical (unpaired) electrons. The normalized spacial score (nSPS) is 11.2. The fourth-order valence-electron chi connectivity index (χ4n) is 1.29. The first kappa shape index (κ1) is 14.0. The van der Waals surface area contributed by atoms with Crippen molar-refractivity contribution in [2.75, 3.05) is 31.2 Å². The van der Waals surface area contributed by atoms with E-state index in [1.54, 1.807) is 0 Å². The van der Waals surface area contributed by atoms with E-state index in [1.165, 1.54) is 0 Å². The molecule has 0 aliphatic heterocycles. The molecule has 3 N–H and O–H groups in total. The van der Waals surface area contributed by atoms with E-state index in [0.717, 1.165) is 13.1 Å². The quantitative estimate of drug-likeness (QED) is 0.787. The van der Waals surface area contributed by atoms with Crippen molar-refractivity contribution in [1.82, 2.24) is 14.9 Å². The summed E-state index contributed by atoms with van der Waals surface area (Å²) in [6.45, 7) is 7.80. The van der Waals surface area contributed by atoms with Crippen LogP contribution in [0.2, 0.25) is 5.28 Å². The van der Waals surface area contributed by atoms with E-state index in [4.69, 9.17) is 17.3 Å². The van der Waals surface area contributed by atoms with Gasteiger partial charge in [0.2, 0.25) is 5.28 Å². The maximum Gasteiger partial charge on any atom is 0.224 e. The van der Waals surface area contributed by atoms with E-state index < -0.39 is 0 Å². The Morgan fingerprint density at radius 1 is 1.41 bits per heavy atom. The van der Waals surface area contributed by atoms with E-state index in [0.29, 0.717) is 23.2 Å². The number of likely N-dealkylation sites (N-methyl/N-ethyl adjacent to an activating group) is 1. The molecule has 0 atom stereocenters. The number of nitrogens with two attached hydrogens (primary N) is 1. The zero-order chi connectivity index (χ0) is 13.0. The van der Waals surface area contributed by atoms with Gasteiger partial charge in [0.05, 0.1) is 11.4 Å². The lowest BCUT2D eigenvalue weighted by Gasteiger charge is -2.21. The molecule has 1 rings (SSSR count). The maximum atomic E-state index is 5.87. The van der Waals surface area contributed by atoms with Gasteiger partial charge in [-0.3, -0.25) is 0 Å². The fourth-order valence-corrected chi connectivity index (χ4v) is 1.50. The van der Waals surface area contributed by atoms with Crippen molar-refractivity contribution in [3.05, 3.63) is 11.0 Å². The van der Waals surface area contributed by atoms with Gasteiger partial charge in [-0.1, -0.05) is 0 Å². The Balaban J connectivity index is 2.58. The van der Waals surface area contributed by atoms with Crippen molar-refractivity contribution in [3.63, 3.8) is 0 Å². The van der Waals surface area contributed by atoms with E-state index in [-0.39, 0.29) is 5.28 Å². The van der Waals surface area contributed by atoms with Gasteiger partial charge in [-0.15, -0.1) is 0 Å². The van der Waals surface area contributed by atoms with Crippen molar-refractivity contribution >= 4 is 23.1 Å². The van der Waals surface area contributed by atoms with Crippen LogP contribution in [0.3, 0.4) is 0 Å². The second-order valence-electron chi connectivity index (χ2n) is 4.34. The molecular formula is C11H20ClN5. The van der Waals surface area contributed by atoms with Crippen LogP contribution in [0.4, 0.5) is 11.5 Å². The summed E-state index contributed by atoms with van der Waals surface area (Å²) in [6.07, 6.45) is 0. The summed E-state index contributed by atoms with van der Waals surface area (Å²) in [5.74, 6) is 0.611. The predicted molar refractivity (Wildman–Crippen MR) is 72.4 cm³/mol. The van der Waals surface area contributed by atoms with Crippen LogP contribution in [0.1, 0.15) is 19.5 Å². The minimum absolute atomic E-state index is 0.219. The largest absolute Gasteiger partial charge is 0.394 e. The summed E-state index contributed by atoms with van der Waals surface area (Å²) in [5, 5.41) is 3.40. The van der Waals surface area contributed by atoms with E-state index >= 15 is 0 Å².